The fourth-order valence-corrected chi connectivity index (χ4v) is 4.57. The number of hydrogen-bond donors (Lipinski definition) is 0. The Labute approximate surface area is 200 Å². The highest BCUT2D eigenvalue weighted by atomic mass is 35.5. The standard InChI is InChI=1S/C23H16ClFN4O4S/c1-32-15-5-2-13(3-6-15)11-29-22(30)20-18(8-9-34-20)28(23(29)31)12-19-26-21(27-33-19)14-4-7-17(25)16(24)10-14/h2-10H,11-12H2,1H3. The third kappa shape index (κ3) is 4.02. The zero-order valence-electron chi connectivity index (χ0n) is 17.7. The summed E-state index contributed by atoms with van der Waals surface area (Å²) in [6, 6.07) is 12.9. The van der Waals surface area contributed by atoms with Crippen molar-refractivity contribution in [3.05, 3.63) is 97.0 Å². The third-order valence-electron chi connectivity index (χ3n) is 5.28. The van der Waals surface area contributed by atoms with Crippen LogP contribution < -0.4 is 16.0 Å². The van der Waals surface area contributed by atoms with Crippen molar-refractivity contribution in [3.8, 4) is 17.1 Å². The molecule has 0 radical (unpaired) electrons. The molecule has 0 spiro atoms. The first kappa shape index (κ1) is 22.1. The molecule has 5 aromatic rings. The van der Waals surface area contributed by atoms with E-state index in [1.54, 1.807) is 42.8 Å². The largest absolute Gasteiger partial charge is 0.497 e. The minimum atomic E-state index is -0.556. The van der Waals surface area contributed by atoms with Crippen LogP contribution in [0.5, 0.6) is 5.75 Å². The Balaban J connectivity index is 1.53. The number of rotatable bonds is 6. The summed E-state index contributed by atoms with van der Waals surface area (Å²) in [7, 11) is 1.57. The first-order chi connectivity index (χ1) is 16.4. The second-order valence-corrected chi connectivity index (χ2v) is 8.71. The highest BCUT2D eigenvalue weighted by Gasteiger charge is 2.18. The maximum Gasteiger partial charge on any atom is 0.332 e. The van der Waals surface area contributed by atoms with E-state index in [2.05, 4.69) is 10.1 Å². The number of hydrogen-bond acceptors (Lipinski definition) is 7. The third-order valence-corrected chi connectivity index (χ3v) is 6.46. The molecule has 0 aliphatic carbocycles. The number of methoxy groups -OCH3 is 1. The second kappa shape index (κ2) is 8.88. The summed E-state index contributed by atoms with van der Waals surface area (Å²) in [5.74, 6) is 0.481. The van der Waals surface area contributed by atoms with Crippen LogP contribution in [0.2, 0.25) is 5.02 Å². The van der Waals surface area contributed by atoms with Gasteiger partial charge in [-0.05, 0) is 47.3 Å². The molecular formula is C23H16ClFN4O4S. The molecule has 0 amide bonds. The molecule has 0 aliphatic rings. The molecule has 2 aromatic carbocycles. The van der Waals surface area contributed by atoms with E-state index in [1.807, 2.05) is 0 Å². The molecule has 3 heterocycles. The molecule has 11 heteroatoms. The van der Waals surface area contributed by atoms with Gasteiger partial charge in [0, 0.05) is 5.56 Å². The maximum absolute atomic E-state index is 13.5. The lowest BCUT2D eigenvalue weighted by Gasteiger charge is -2.11. The van der Waals surface area contributed by atoms with Crippen LogP contribution in [-0.4, -0.2) is 26.4 Å². The van der Waals surface area contributed by atoms with Crippen molar-refractivity contribution in [2.24, 2.45) is 0 Å². The lowest BCUT2D eigenvalue weighted by molar-refractivity contribution is 0.369. The van der Waals surface area contributed by atoms with E-state index in [9.17, 15) is 14.0 Å². The molecule has 8 nitrogen and oxygen atoms in total. The SMILES string of the molecule is COc1ccc(Cn2c(=O)c3sccc3n(Cc3nc(-c4ccc(F)c(Cl)c4)no3)c2=O)cc1. The van der Waals surface area contributed by atoms with Crippen LogP contribution in [0.4, 0.5) is 4.39 Å². The Morgan fingerprint density at radius 2 is 1.88 bits per heavy atom. The smallest absolute Gasteiger partial charge is 0.332 e. The van der Waals surface area contributed by atoms with E-state index in [4.69, 9.17) is 20.9 Å². The topological polar surface area (TPSA) is 92.2 Å². The molecule has 0 saturated heterocycles. The Bertz CT molecular complexity index is 1620. The van der Waals surface area contributed by atoms with Gasteiger partial charge in [0.05, 0.1) is 24.2 Å². The fourth-order valence-electron chi connectivity index (χ4n) is 3.55. The minimum Gasteiger partial charge on any atom is -0.497 e. The summed E-state index contributed by atoms with van der Waals surface area (Å²) in [6.07, 6.45) is 0. The van der Waals surface area contributed by atoms with E-state index in [1.165, 1.54) is 38.7 Å². The molecule has 0 unspecified atom stereocenters. The Hall–Kier alpha value is -3.76. The van der Waals surface area contributed by atoms with E-state index in [-0.39, 0.29) is 35.4 Å². The summed E-state index contributed by atoms with van der Waals surface area (Å²) < 4.78 is 27.0. The highest BCUT2D eigenvalue weighted by Crippen LogP contribution is 2.23. The summed E-state index contributed by atoms with van der Waals surface area (Å²) in [6.45, 7) is 0.0511. The van der Waals surface area contributed by atoms with Crippen molar-refractivity contribution >= 4 is 33.2 Å². The average molecular weight is 499 g/mol. The molecule has 0 atom stereocenters. The van der Waals surface area contributed by atoms with E-state index in [0.29, 0.717) is 21.5 Å². The molecule has 5 rings (SSSR count). The van der Waals surface area contributed by atoms with Crippen molar-refractivity contribution in [2.75, 3.05) is 7.11 Å². The predicted molar refractivity (Wildman–Crippen MR) is 126 cm³/mol. The van der Waals surface area contributed by atoms with Crippen LogP contribution in [0.15, 0.2) is 68.0 Å². The quantitative estimate of drug-likeness (QED) is 0.349. The average Bonchev–Trinajstić information content (AvgIpc) is 3.52. The van der Waals surface area contributed by atoms with Crippen molar-refractivity contribution in [3.63, 3.8) is 0 Å². The lowest BCUT2D eigenvalue weighted by atomic mass is 10.2. The fraction of sp³-hybridized carbons (Fsp3) is 0.130. The van der Waals surface area contributed by atoms with Gasteiger partial charge >= 0.3 is 5.69 Å². The zero-order chi connectivity index (χ0) is 23.8. The minimum absolute atomic E-state index is 0.0448. The first-order valence-electron chi connectivity index (χ1n) is 10.1. The molecule has 3 aromatic heterocycles. The number of benzene rings is 2. The van der Waals surface area contributed by atoms with Gasteiger partial charge in [0.15, 0.2) is 0 Å². The molecular weight excluding hydrogens is 483 g/mol. The molecule has 0 aliphatic heterocycles. The highest BCUT2D eigenvalue weighted by molar-refractivity contribution is 7.17. The van der Waals surface area contributed by atoms with E-state index >= 15 is 0 Å². The van der Waals surface area contributed by atoms with Crippen LogP contribution in [0.1, 0.15) is 11.5 Å². The molecule has 0 N–H and O–H groups in total. The lowest BCUT2D eigenvalue weighted by Crippen LogP contribution is -2.40. The molecule has 0 fully saturated rings. The van der Waals surface area contributed by atoms with Crippen LogP contribution in [-0.2, 0) is 13.1 Å². The molecule has 172 valence electrons. The number of thiophene rings is 1. The van der Waals surface area contributed by atoms with Crippen LogP contribution in [0.25, 0.3) is 21.6 Å². The number of ether oxygens (including phenoxy) is 1. The number of aromatic nitrogens is 4. The van der Waals surface area contributed by atoms with Gasteiger partial charge in [-0.2, -0.15) is 4.98 Å². The van der Waals surface area contributed by atoms with Crippen LogP contribution in [0.3, 0.4) is 0 Å². The Morgan fingerprint density at radius 3 is 2.62 bits per heavy atom. The summed E-state index contributed by atoms with van der Waals surface area (Å²) in [4.78, 5) is 30.7. The first-order valence-corrected chi connectivity index (χ1v) is 11.3. The van der Waals surface area contributed by atoms with Gasteiger partial charge in [-0.25, -0.2) is 9.18 Å². The van der Waals surface area contributed by atoms with Crippen LogP contribution in [0, 0.1) is 5.82 Å². The van der Waals surface area contributed by atoms with Crippen molar-refractivity contribution < 1.29 is 13.7 Å². The summed E-state index contributed by atoms with van der Waals surface area (Å²) in [5.41, 5.74) is 0.857. The van der Waals surface area contributed by atoms with Gasteiger partial charge in [-0.15, -0.1) is 11.3 Å². The maximum atomic E-state index is 13.5. The normalized spacial score (nSPS) is 11.3. The Morgan fingerprint density at radius 1 is 1.09 bits per heavy atom. The number of nitrogens with zero attached hydrogens (tertiary/aromatic N) is 4. The molecule has 34 heavy (non-hydrogen) atoms. The number of halogens is 2. The van der Waals surface area contributed by atoms with E-state index in [0.717, 1.165) is 5.56 Å². The van der Waals surface area contributed by atoms with E-state index < -0.39 is 11.5 Å². The summed E-state index contributed by atoms with van der Waals surface area (Å²) in [5, 5.41) is 5.60. The number of fused-ring (bicyclic) bond motifs is 1. The molecule has 0 bridgehead atoms. The second-order valence-electron chi connectivity index (χ2n) is 7.38. The zero-order valence-corrected chi connectivity index (χ0v) is 19.3. The van der Waals surface area contributed by atoms with Gasteiger partial charge in [0.1, 0.15) is 22.8 Å². The molecule has 0 saturated carbocycles. The van der Waals surface area contributed by atoms with Gasteiger partial charge in [0.25, 0.3) is 5.56 Å². The Kier molecular flexibility index (Phi) is 5.76. The predicted octanol–water partition coefficient (Wildman–Crippen LogP) is 4.17. The van der Waals surface area contributed by atoms with Crippen LogP contribution >= 0.6 is 22.9 Å². The summed E-state index contributed by atoms with van der Waals surface area (Å²) >= 11 is 7.10. The van der Waals surface area contributed by atoms with Crippen molar-refractivity contribution in [2.45, 2.75) is 13.1 Å². The van der Waals surface area contributed by atoms with Gasteiger partial charge in [-0.1, -0.05) is 28.9 Å². The van der Waals surface area contributed by atoms with Crippen molar-refractivity contribution in [1.82, 2.24) is 19.3 Å². The van der Waals surface area contributed by atoms with Gasteiger partial charge in [-0.3, -0.25) is 13.9 Å². The van der Waals surface area contributed by atoms with Gasteiger partial charge < -0.3 is 9.26 Å². The van der Waals surface area contributed by atoms with Gasteiger partial charge in [0.2, 0.25) is 11.7 Å². The van der Waals surface area contributed by atoms with Crippen molar-refractivity contribution in [1.29, 1.82) is 0 Å². The monoisotopic (exact) mass is 498 g/mol.